The van der Waals surface area contributed by atoms with E-state index in [9.17, 15) is 0 Å². The summed E-state index contributed by atoms with van der Waals surface area (Å²) in [6.07, 6.45) is 2.46. The average molecular weight is 331 g/mol. The third-order valence-corrected chi connectivity index (χ3v) is 4.06. The van der Waals surface area contributed by atoms with Gasteiger partial charge in [0.25, 0.3) is 0 Å². The van der Waals surface area contributed by atoms with Crippen LogP contribution in [0.4, 0.5) is 5.82 Å². The maximum absolute atomic E-state index is 8.74. The minimum Gasteiger partial charge on any atom is -0.396 e. The number of benzene rings is 1. The Balaban J connectivity index is 2.08. The summed E-state index contributed by atoms with van der Waals surface area (Å²) in [5.41, 5.74) is 7.72. The van der Waals surface area contributed by atoms with Crippen molar-refractivity contribution < 1.29 is 5.11 Å². The third-order valence-electron chi connectivity index (χ3n) is 3.17. The fourth-order valence-electron chi connectivity index (χ4n) is 2.04. The van der Waals surface area contributed by atoms with E-state index >= 15 is 0 Å². The highest BCUT2D eigenvalue weighted by Gasteiger charge is 2.13. The van der Waals surface area contributed by atoms with E-state index < -0.39 is 0 Å². The van der Waals surface area contributed by atoms with Gasteiger partial charge in [-0.25, -0.2) is 9.98 Å². The monoisotopic (exact) mass is 331 g/mol. The summed E-state index contributed by atoms with van der Waals surface area (Å²) in [5, 5.41) is 8.74. The largest absolute Gasteiger partial charge is 0.396 e. The highest BCUT2D eigenvalue weighted by Crippen LogP contribution is 2.19. The normalized spacial score (nSPS) is 11.6. The molecular formula is C16H21N5OS. The number of aliphatic hydroxyl groups excluding tert-OH is 1. The lowest BCUT2D eigenvalue weighted by atomic mass is 10.2. The van der Waals surface area contributed by atoms with Crippen LogP contribution in [0.2, 0.25) is 0 Å². The van der Waals surface area contributed by atoms with Crippen LogP contribution in [0.1, 0.15) is 17.7 Å². The van der Waals surface area contributed by atoms with Crippen LogP contribution >= 0.6 is 11.8 Å². The highest BCUT2D eigenvalue weighted by molar-refractivity contribution is 7.99. The number of hydrogen-bond donors (Lipinski definition) is 2. The van der Waals surface area contributed by atoms with Gasteiger partial charge < -0.3 is 15.4 Å². The van der Waals surface area contributed by atoms with Crippen molar-refractivity contribution in [3.05, 3.63) is 47.9 Å². The minimum absolute atomic E-state index is 0.195. The molecule has 2 aromatic rings. The van der Waals surface area contributed by atoms with Crippen LogP contribution in [0, 0.1) is 0 Å². The number of aromatic nitrogens is 2. The lowest BCUT2D eigenvalue weighted by molar-refractivity contribution is 0.296. The van der Waals surface area contributed by atoms with Gasteiger partial charge in [-0.3, -0.25) is 4.99 Å². The van der Waals surface area contributed by atoms with Crippen molar-refractivity contribution in [2.75, 3.05) is 18.2 Å². The van der Waals surface area contributed by atoms with Crippen LogP contribution in [-0.2, 0) is 6.54 Å². The van der Waals surface area contributed by atoms with Crippen LogP contribution in [0.5, 0.6) is 0 Å². The van der Waals surface area contributed by atoms with E-state index in [0.717, 1.165) is 17.7 Å². The number of hydrogen-bond acceptors (Lipinski definition) is 5. The van der Waals surface area contributed by atoms with Crippen molar-refractivity contribution in [1.29, 1.82) is 0 Å². The Labute approximate surface area is 140 Å². The van der Waals surface area contributed by atoms with Gasteiger partial charge in [-0.1, -0.05) is 30.3 Å². The van der Waals surface area contributed by atoms with E-state index in [2.05, 4.69) is 21.7 Å². The third kappa shape index (κ3) is 4.94. The number of imidazole rings is 1. The second-order valence-corrected chi connectivity index (χ2v) is 5.92. The predicted octanol–water partition coefficient (Wildman–Crippen LogP) is 2.04. The number of amidine groups is 1. The average Bonchev–Trinajstić information content (AvgIpc) is 2.98. The molecular weight excluding hydrogens is 310 g/mol. The molecule has 0 fully saturated rings. The molecule has 0 saturated heterocycles. The number of nitrogens with zero attached hydrogens (tertiary/aromatic N) is 4. The Bertz CT molecular complexity index is 654. The summed E-state index contributed by atoms with van der Waals surface area (Å²) in [4.78, 5) is 12.7. The molecule has 122 valence electrons. The molecule has 6 nitrogen and oxygen atoms in total. The van der Waals surface area contributed by atoms with Crippen molar-refractivity contribution in [2.45, 2.75) is 13.0 Å². The first-order chi connectivity index (χ1) is 11.3. The van der Waals surface area contributed by atoms with Gasteiger partial charge in [-0.2, -0.15) is 0 Å². The lowest BCUT2D eigenvalue weighted by Crippen LogP contribution is -2.15. The second kappa shape index (κ2) is 9.12. The van der Waals surface area contributed by atoms with Gasteiger partial charge in [0.1, 0.15) is 11.5 Å². The van der Waals surface area contributed by atoms with E-state index in [0.29, 0.717) is 29.8 Å². The van der Waals surface area contributed by atoms with Gasteiger partial charge in [0.05, 0.1) is 18.7 Å². The first kappa shape index (κ1) is 17.2. The van der Waals surface area contributed by atoms with E-state index in [1.807, 2.05) is 34.9 Å². The van der Waals surface area contributed by atoms with Gasteiger partial charge in [-0.15, -0.1) is 11.8 Å². The smallest absolute Gasteiger partial charge is 0.163 e. The van der Waals surface area contributed by atoms with Gasteiger partial charge >= 0.3 is 0 Å². The van der Waals surface area contributed by atoms with Gasteiger partial charge in [0.15, 0.2) is 5.82 Å². The molecule has 0 aliphatic rings. The Morgan fingerprint density at radius 1 is 1.35 bits per heavy atom. The van der Waals surface area contributed by atoms with E-state index in [4.69, 9.17) is 10.8 Å². The summed E-state index contributed by atoms with van der Waals surface area (Å²) in [6.45, 7) is 4.46. The van der Waals surface area contributed by atoms with Crippen molar-refractivity contribution in [2.24, 2.45) is 15.7 Å². The second-order valence-electron chi connectivity index (χ2n) is 4.85. The fourth-order valence-corrected chi connectivity index (χ4v) is 2.73. The topological polar surface area (TPSA) is 88.8 Å². The number of aliphatic imine (C=N–C) groups is 2. The van der Waals surface area contributed by atoms with E-state index in [1.54, 1.807) is 18.1 Å². The molecule has 0 saturated carbocycles. The number of rotatable bonds is 9. The number of thioether (sulfide) groups is 1. The molecule has 0 atom stereocenters. The van der Waals surface area contributed by atoms with Crippen LogP contribution in [0.3, 0.4) is 0 Å². The Kier molecular flexibility index (Phi) is 6.83. The maximum Gasteiger partial charge on any atom is 0.163 e. The summed E-state index contributed by atoms with van der Waals surface area (Å²) in [7, 11) is 0. The molecule has 1 aromatic heterocycles. The van der Waals surface area contributed by atoms with Gasteiger partial charge in [0, 0.05) is 6.61 Å². The predicted molar refractivity (Wildman–Crippen MR) is 96.7 cm³/mol. The molecule has 0 spiro atoms. The highest BCUT2D eigenvalue weighted by atomic mass is 32.2. The van der Waals surface area contributed by atoms with Crippen LogP contribution < -0.4 is 5.73 Å². The minimum atomic E-state index is 0.195. The summed E-state index contributed by atoms with van der Waals surface area (Å²) >= 11 is 1.62. The molecule has 0 unspecified atom stereocenters. The Hall–Kier alpha value is -2.12. The van der Waals surface area contributed by atoms with E-state index in [1.165, 1.54) is 0 Å². The lowest BCUT2D eigenvalue weighted by Gasteiger charge is -2.06. The molecule has 1 heterocycles. The Morgan fingerprint density at radius 2 is 2.13 bits per heavy atom. The number of nitrogens with two attached hydrogens (primary N) is 1. The molecule has 23 heavy (non-hydrogen) atoms. The molecule has 2 rings (SSSR count). The zero-order valence-electron chi connectivity index (χ0n) is 12.9. The molecule has 0 amide bonds. The SMILES string of the molecule is C=Nc1c(/C(N)=N\CSCCCO)ncn1Cc1ccccc1. The molecule has 7 heteroatoms. The van der Waals surface area contributed by atoms with Gasteiger partial charge in [0.2, 0.25) is 0 Å². The molecule has 1 aromatic carbocycles. The molecule has 0 aliphatic heterocycles. The van der Waals surface area contributed by atoms with Crippen LogP contribution in [-0.4, -0.2) is 45.4 Å². The standard InChI is InChI=1S/C16H21N5OS/c1-18-16-14(15(17)20-12-23-9-5-8-22)19-11-21(16)10-13-6-3-2-4-7-13/h2-4,6-7,11,22H,1,5,8-10,12H2,(H2,17,20). The Morgan fingerprint density at radius 3 is 2.83 bits per heavy atom. The molecule has 0 bridgehead atoms. The fraction of sp³-hybridized carbons (Fsp3) is 0.312. The summed E-state index contributed by atoms with van der Waals surface area (Å²) in [5.74, 6) is 2.36. The van der Waals surface area contributed by atoms with E-state index in [-0.39, 0.29) is 6.61 Å². The molecule has 0 aliphatic carbocycles. The zero-order chi connectivity index (χ0) is 16.5. The van der Waals surface area contributed by atoms with Crippen molar-refractivity contribution in [3.8, 4) is 0 Å². The van der Waals surface area contributed by atoms with Crippen LogP contribution in [0.15, 0.2) is 46.6 Å². The van der Waals surface area contributed by atoms with Crippen molar-refractivity contribution >= 4 is 30.1 Å². The van der Waals surface area contributed by atoms with Gasteiger partial charge in [-0.05, 0) is 24.5 Å². The summed E-state index contributed by atoms with van der Waals surface area (Å²) in [6, 6.07) is 10.1. The first-order valence-electron chi connectivity index (χ1n) is 7.31. The quantitative estimate of drug-likeness (QED) is 0.418. The number of aliphatic hydroxyl groups is 1. The first-order valence-corrected chi connectivity index (χ1v) is 8.46. The maximum atomic E-state index is 8.74. The zero-order valence-corrected chi connectivity index (χ0v) is 13.7. The van der Waals surface area contributed by atoms with Crippen molar-refractivity contribution in [3.63, 3.8) is 0 Å². The molecule has 3 N–H and O–H groups in total. The summed E-state index contributed by atoms with van der Waals surface area (Å²) < 4.78 is 1.90. The van der Waals surface area contributed by atoms with Crippen LogP contribution in [0.25, 0.3) is 0 Å². The molecule has 0 radical (unpaired) electrons. The van der Waals surface area contributed by atoms with Crippen molar-refractivity contribution in [1.82, 2.24) is 9.55 Å².